The summed E-state index contributed by atoms with van der Waals surface area (Å²) in [5.41, 5.74) is 1.79. The summed E-state index contributed by atoms with van der Waals surface area (Å²) in [5, 5.41) is 5.29. The number of amides is 1. The molecule has 142 valence electrons. The summed E-state index contributed by atoms with van der Waals surface area (Å²) in [6, 6.07) is 1.92. The standard InChI is InChI=1S/C18H20ClN5O2S/c1-5-24(6-2)17-20-8-13(19)15(22-17)16(25)23-18-21-14(9-27-18)12-7-10(3)26-11(12)4/h7-9H,5-6H2,1-4H3,(H,21,23,25). The third kappa shape index (κ3) is 4.12. The van der Waals surface area contributed by atoms with Crippen molar-refractivity contribution in [2.24, 2.45) is 0 Å². The Hall–Kier alpha value is -2.45. The zero-order valence-corrected chi connectivity index (χ0v) is 17.1. The van der Waals surface area contributed by atoms with Gasteiger partial charge in [-0.3, -0.25) is 10.1 Å². The fourth-order valence-corrected chi connectivity index (χ4v) is 3.55. The lowest BCUT2D eigenvalue weighted by Crippen LogP contribution is -2.25. The van der Waals surface area contributed by atoms with E-state index in [9.17, 15) is 4.79 Å². The summed E-state index contributed by atoms with van der Waals surface area (Å²) in [6.07, 6.45) is 1.45. The fraction of sp³-hybridized carbons (Fsp3) is 0.333. The first-order valence-corrected chi connectivity index (χ1v) is 9.80. The minimum Gasteiger partial charge on any atom is -0.466 e. The van der Waals surface area contributed by atoms with Crippen LogP contribution >= 0.6 is 22.9 Å². The maximum Gasteiger partial charge on any atom is 0.277 e. The molecule has 9 heteroatoms. The molecule has 27 heavy (non-hydrogen) atoms. The molecule has 0 bridgehead atoms. The summed E-state index contributed by atoms with van der Waals surface area (Å²) in [7, 11) is 0. The highest BCUT2D eigenvalue weighted by molar-refractivity contribution is 7.14. The molecular formula is C18H20ClN5O2S. The number of furan rings is 1. The minimum absolute atomic E-state index is 0.126. The second kappa shape index (κ2) is 8.06. The Balaban J connectivity index is 1.82. The van der Waals surface area contributed by atoms with Crippen LogP contribution in [0, 0.1) is 13.8 Å². The molecule has 0 aromatic carbocycles. The highest BCUT2D eigenvalue weighted by Crippen LogP contribution is 2.30. The Morgan fingerprint density at radius 2 is 2.04 bits per heavy atom. The van der Waals surface area contributed by atoms with Gasteiger partial charge < -0.3 is 9.32 Å². The second-order valence-electron chi connectivity index (χ2n) is 5.86. The molecule has 1 N–H and O–H groups in total. The molecular weight excluding hydrogens is 386 g/mol. The number of nitrogens with zero attached hydrogens (tertiary/aromatic N) is 4. The minimum atomic E-state index is -0.420. The normalized spacial score (nSPS) is 10.9. The van der Waals surface area contributed by atoms with Crippen LogP contribution in [-0.2, 0) is 0 Å². The van der Waals surface area contributed by atoms with Gasteiger partial charge in [-0.25, -0.2) is 15.0 Å². The van der Waals surface area contributed by atoms with Crippen LogP contribution in [0.5, 0.6) is 0 Å². The monoisotopic (exact) mass is 405 g/mol. The van der Waals surface area contributed by atoms with Crippen molar-refractivity contribution >= 4 is 39.9 Å². The molecule has 3 heterocycles. The maximum absolute atomic E-state index is 12.6. The van der Waals surface area contributed by atoms with Crippen molar-refractivity contribution in [2.75, 3.05) is 23.3 Å². The van der Waals surface area contributed by atoms with Crippen LogP contribution in [0.3, 0.4) is 0 Å². The van der Waals surface area contributed by atoms with Crippen molar-refractivity contribution in [1.29, 1.82) is 0 Å². The van der Waals surface area contributed by atoms with E-state index in [1.54, 1.807) is 0 Å². The zero-order valence-electron chi connectivity index (χ0n) is 15.5. The number of aromatic nitrogens is 3. The van der Waals surface area contributed by atoms with E-state index in [4.69, 9.17) is 16.0 Å². The van der Waals surface area contributed by atoms with Gasteiger partial charge in [0, 0.05) is 24.0 Å². The van der Waals surface area contributed by atoms with Gasteiger partial charge in [0.2, 0.25) is 5.95 Å². The average molecular weight is 406 g/mol. The Bertz CT molecular complexity index is 965. The number of rotatable bonds is 6. The number of carbonyl (C=O) groups excluding carboxylic acids is 1. The van der Waals surface area contributed by atoms with Crippen LogP contribution < -0.4 is 10.2 Å². The first-order chi connectivity index (χ1) is 12.9. The number of carbonyl (C=O) groups is 1. The first-order valence-electron chi connectivity index (χ1n) is 8.54. The van der Waals surface area contributed by atoms with Crippen molar-refractivity contribution in [3.63, 3.8) is 0 Å². The lowest BCUT2D eigenvalue weighted by atomic mass is 10.2. The predicted octanol–water partition coefficient (Wildman–Crippen LogP) is 4.56. The van der Waals surface area contributed by atoms with Gasteiger partial charge in [0.05, 0.1) is 16.9 Å². The van der Waals surface area contributed by atoms with Crippen LogP contribution in [-0.4, -0.2) is 33.9 Å². The fourth-order valence-electron chi connectivity index (χ4n) is 2.67. The number of anilines is 2. The summed E-state index contributed by atoms with van der Waals surface area (Å²) < 4.78 is 5.54. The van der Waals surface area contributed by atoms with Gasteiger partial charge in [0.25, 0.3) is 5.91 Å². The quantitative estimate of drug-likeness (QED) is 0.647. The third-order valence-corrected chi connectivity index (χ3v) is 5.07. The number of nitrogens with one attached hydrogen (secondary N) is 1. The predicted molar refractivity (Wildman–Crippen MR) is 108 cm³/mol. The van der Waals surface area contributed by atoms with Gasteiger partial charge >= 0.3 is 0 Å². The van der Waals surface area contributed by atoms with Gasteiger partial charge in [-0.15, -0.1) is 11.3 Å². The lowest BCUT2D eigenvalue weighted by Gasteiger charge is -2.18. The Morgan fingerprint density at radius 3 is 2.67 bits per heavy atom. The molecule has 0 aliphatic carbocycles. The molecule has 1 amide bonds. The number of thiazole rings is 1. The molecule has 0 fully saturated rings. The van der Waals surface area contributed by atoms with Crippen molar-refractivity contribution in [3.8, 4) is 11.3 Å². The number of aryl methyl sites for hydroxylation is 2. The van der Waals surface area contributed by atoms with Crippen molar-refractivity contribution in [2.45, 2.75) is 27.7 Å². The van der Waals surface area contributed by atoms with E-state index in [0.29, 0.717) is 11.1 Å². The molecule has 0 saturated carbocycles. The van der Waals surface area contributed by atoms with E-state index in [1.165, 1.54) is 17.5 Å². The van der Waals surface area contributed by atoms with Crippen molar-refractivity contribution < 1.29 is 9.21 Å². The zero-order chi connectivity index (χ0) is 19.6. The Labute approximate surface area is 166 Å². The van der Waals surface area contributed by atoms with Crippen LogP contribution in [0.2, 0.25) is 5.02 Å². The van der Waals surface area contributed by atoms with Crippen LogP contribution in [0.4, 0.5) is 11.1 Å². The molecule has 0 aliphatic rings. The largest absolute Gasteiger partial charge is 0.466 e. The van der Waals surface area contributed by atoms with E-state index < -0.39 is 5.91 Å². The van der Waals surface area contributed by atoms with Gasteiger partial charge in [0.1, 0.15) is 11.5 Å². The topological polar surface area (TPSA) is 84.2 Å². The van der Waals surface area contributed by atoms with Gasteiger partial charge in [-0.05, 0) is 33.8 Å². The number of halogens is 1. The van der Waals surface area contributed by atoms with E-state index in [-0.39, 0.29) is 10.7 Å². The molecule has 0 aliphatic heterocycles. The number of hydrogen-bond donors (Lipinski definition) is 1. The molecule has 3 rings (SSSR count). The molecule has 0 saturated heterocycles. The molecule has 7 nitrogen and oxygen atoms in total. The maximum atomic E-state index is 12.6. The first kappa shape index (κ1) is 19.3. The van der Waals surface area contributed by atoms with E-state index in [0.717, 1.165) is 35.9 Å². The van der Waals surface area contributed by atoms with Crippen LogP contribution in [0.25, 0.3) is 11.3 Å². The molecule has 0 spiro atoms. The SMILES string of the molecule is CCN(CC)c1ncc(Cl)c(C(=O)Nc2nc(-c3cc(C)oc3C)cs2)n1. The highest BCUT2D eigenvalue weighted by atomic mass is 35.5. The summed E-state index contributed by atoms with van der Waals surface area (Å²) in [5.74, 6) is 1.66. The molecule has 0 atom stereocenters. The van der Waals surface area contributed by atoms with Gasteiger partial charge in [0.15, 0.2) is 10.8 Å². The van der Waals surface area contributed by atoms with E-state index in [1.807, 2.05) is 44.0 Å². The highest BCUT2D eigenvalue weighted by Gasteiger charge is 2.18. The van der Waals surface area contributed by atoms with Crippen molar-refractivity contribution in [1.82, 2.24) is 15.0 Å². The summed E-state index contributed by atoms with van der Waals surface area (Å²) in [6.45, 7) is 9.23. The van der Waals surface area contributed by atoms with Gasteiger partial charge in [-0.1, -0.05) is 11.6 Å². The van der Waals surface area contributed by atoms with Crippen LogP contribution in [0.1, 0.15) is 35.9 Å². The summed E-state index contributed by atoms with van der Waals surface area (Å²) in [4.78, 5) is 27.6. The molecule has 3 aromatic heterocycles. The summed E-state index contributed by atoms with van der Waals surface area (Å²) >= 11 is 7.47. The second-order valence-corrected chi connectivity index (χ2v) is 7.12. The third-order valence-electron chi connectivity index (χ3n) is 4.03. The molecule has 3 aromatic rings. The molecule has 0 radical (unpaired) electrons. The molecule has 0 unspecified atom stereocenters. The van der Waals surface area contributed by atoms with Gasteiger partial charge in [-0.2, -0.15) is 0 Å². The Kier molecular flexibility index (Phi) is 5.76. The van der Waals surface area contributed by atoms with Crippen molar-refractivity contribution in [3.05, 3.63) is 39.9 Å². The lowest BCUT2D eigenvalue weighted by molar-refractivity contribution is 0.102. The van der Waals surface area contributed by atoms with E-state index in [2.05, 4.69) is 20.3 Å². The number of hydrogen-bond acceptors (Lipinski definition) is 7. The Morgan fingerprint density at radius 1 is 1.30 bits per heavy atom. The van der Waals surface area contributed by atoms with Crippen LogP contribution in [0.15, 0.2) is 22.1 Å². The smallest absolute Gasteiger partial charge is 0.277 e. The van der Waals surface area contributed by atoms with E-state index >= 15 is 0 Å². The average Bonchev–Trinajstić information content (AvgIpc) is 3.22.